The second-order valence-corrected chi connectivity index (χ2v) is 9.71. The van der Waals surface area contributed by atoms with Gasteiger partial charge in [0.15, 0.2) is 11.6 Å². The normalized spacial score (nSPS) is 17.5. The van der Waals surface area contributed by atoms with Crippen molar-refractivity contribution in [3.8, 4) is 0 Å². The Morgan fingerprint density at radius 2 is 1.77 bits per heavy atom. The molecule has 5 rings (SSSR count). The summed E-state index contributed by atoms with van der Waals surface area (Å²) in [6.45, 7) is 4.47. The smallest absolute Gasteiger partial charge is 0.172 e. The first kappa shape index (κ1) is 20.3. The minimum absolute atomic E-state index is 0.522. The molecule has 30 heavy (non-hydrogen) atoms. The van der Waals surface area contributed by atoms with Crippen molar-refractivity contribution in [3.05, 3.63) is 56.5 Å². The highest BCUT2D eigenvalue weighted by Gasteiger charge is 2.27. The van der Waals surface area contributed by atoms with E-state index in [9.17, 15) is 0 Å². The van der Waals surface area contributed by atoms with Crippen molar-refractivity contribution < 1.29 is 0 Å². The van der Waals surface area contributed by atoms with Gasteiger partial charge in [-0.25, -0.2) is 9.97 Å². The van der Waals surface area contributed by atoms with Gasteiger partial charge in [0.2, 0.25) is 0 Å². The summed E-state index contributed by atoms with van der Waals surface area (Å²) in [5.74, 6) is 1.85. The number of nitrogens with one attached hydrogen (secondary N) is 1. The lowest BCUT2D eigenvalue weighted by molar-refractivity contribution is 0.249. The number of aromatic nitrogens is 2. The zero-order valence-electron chi connectivity index (χ0n) is 16.4. The molecule has 1 saturated heterocycles. The first-order valence-electron chi connectivity index (χ1n) is 10.2. The van der Waals surface area contributed by atoms with E-state index in [1.54, 1.807) is 0 Å². The Morgan fingerprint density at radius 1 is 0.967 bits per heavy atom. The van der Waals surface area contributed by atoms with Gasteiger partial charge in [-0.3, -0.25) is 4.90 Å². The number of piperazine rings is 1. The molecular formula is C22H22BrCl2N5. The van der Waals surface area contributed by atoms with Gasteiger partial charge in [0.25, 0.3) is 0 Å². The zero-order valence-corrected chi connectivity index (χ0v) is 19.5. The molecule has 1 aliphatic heterocycles. The van der Waals surface area contributed by atoms with E-state index in [0.717, 1.165) is 75.5 Å². The molecule has 0 amide bonds. The van der Waals surface area contributed by atoms with Gasteiger partial charge in [0.05, 0.1) is 11.0 Å². The third-order valence-electron chi connectivity index (χ3n) is 5.60. The van der Waals surface area contributed by atoms with Crippen LogP contribution in [0.15, 0.2) is 40.9 Å². The predicted molar refractivity (Wildman–Crippen MR) is 128 cm³/mol. The topological polar surface area (TPSA) is 44.3 Å². The van der Waals surface area contributed by atoms with Crippen LogP contribution in [0.1, 0.15) is 18.4 Å². The maximum absolute atomic E-state index is 6.36. The number of hydrogen-bond acceptors (Lipinski definition) is 5. The van der Waals surface area contributed by atoms with E-state index >= 15 is 0 Å². The van der Waals surface area contributed by atoms with Crippen LogP contribution in [0, 0.1) is 0 Å². The second-order valence-electron chi connectivity index (χ2n) is 7.95. The van der Waals surface area contributed by atoms with Crippen molar-refractivity contribution in [1.29, 1.82) is 0 Å². The lowest BCUT2D eigenvalue weighted by atomic mass is 10.2. The first-order valence-corrected chi connectivity index (χ1v) is 11.7. The molecular weight excluding hydrogens is 485 g/mol. The molecule has 0 spiro atoms. The minimum atomic E-state index is 0.522. The molecule has 0 radical (unpaired) electrons. The largest absolute Gasteiger partial charge is 0.364 e. The van der Waals surface area contributed by atoms with Crippen LogP contribution in [-0.4, -0.2) is 47.1 Å². The summed E-state index contributed by atoms with van der Waals surface area (Å²) in [4.78, 5) is 14.6. The average molecular weight is 507 g/mol. The van der Waals surface area contributed by atoms with Gasteiger partial charge < -0.3 is 10.2 Å². The summed E-state index contributed by atoms with van der Waals surface area (Å²) < 4.78 is 1.02. The lowest BCUT2D eigenvalue weighted by Crippen LogP contribution is -2.46. The monoisotopic (exact) mass is 505 g/mol. The van der Waals surface area contributed by atoms with Crippen LogP contribution in [0.5, 0.6) is 0 Å². The zero-order chi connectivity index (χ0) is 20.7. The van der Waals surface area contributed by atoms with Crippen molar-refractivity contribution in [3.63, 3.8) is 0 Å². The molecule has 5 nitrogen and oxygen atoms in total. The van der Waals surface area contributed by atoms with E-state index in [2.05, 4.69) is 31.0 Å². The van der Waals surface area contributed by atoms with E-state index in [0.29, 0.717) is 6.04 Å². The molecule has 8 heteroatoms. The Balaban J connectivity index is 1.34. The molecule has 1 saturated carbocycles. The molecule has 0 atom stereocenters. The Labute approximate surface area is 194 Å². The highest BCUT2D eigenvalue weighted by atomic mass is 79.9. The molecule has 2 aliphatic rings. The van der Waals surface area contributed by atoms with E-state index in [1.165, 1.54) is 12.8 Å². The third kappa shape index (κ3) is 4.52. The molecule has 156 valence electrons. The summed E-state index contributed by atoms with van der Waals surface area (Å²) in [5.41, 5.74) is 2.90. The molecule has 2 fully saturated rings. The second kappa shape index (κ2) is 8.50. The molecule has 0 bridgehead atoms. The average Bonchev–Trinajstić information content (AvgIpc) is 3.55. The van der Waals surface area contributed by atoms with Gasteiger partial charge in [-0.05, 0) is 54.8 Å². The maximum atomic E-state index is 6.36. The predicted octanol–water partition coefficient (Wildman–Crippen LogP) is 5.60. The van der Waals surface area contributed by atoms with Gasteiger partial charge in [-0.15, -0.1) is 0 Å². The van der Waals surface area contributed by atoms with Gasteiger partial charge >= 0.3 is 0 Å². The Morgan fingerprint density at radius 3 is 2.53 bits per heavy atom. The molecule has 1 N–H and O–H groups in total. The number of halogens is 3. The highest BCUT2D eigenvalue weighted by Crippen LogP contribution is 2.32. The molecule has 2 aromatic carbocycles. The summed E-state index contributed by atoms with van der Waals surface area (Å²) in [7, 11) is 0. The lowest BCUT2D eigenvalue weighted by Gasteiger charge is -2.36. The number of fused-ring (bicyclic) bond motifs is 1. The van der Waals surface area contributed by atoms with Crippen molar-refractivity contribution in [1.82, 2.24) is 14.9 Å². The van der Waals surface area contributed by atoms with Crippen LogP contribution in [0.25, 0.3) is 11.0 Å². The van der Waals surface area contributed by atoms with Gasteiger partial charge in [-0.2, -0.15) is 0 Å². The quantitative estimate of drug-likeness (QED) is 0.488. The standard InChI is InChI=1S/C22H22BrCl2N5/c23-15-1-6-19-20(12-15)27-21(26-17-3-4-17)22(28-19)30-9-7-29(8-10-30)13-14-11-16(24)2-5-18(14)25/h1-2,5-6,11-12,17H,3-4,7-10,13H2,(H,26,27). The number of benzene rings is 2. The fourth-order valence-electron chi connectivity index (χ4n) is 3.78. The van der Waals surface area contributed by atoms with Crippen molar-refractivity contribution in [2.24, 2.45) is 0 Å². The van der Waals surface area contributed by atoms with Crippen molar-refractivity contribution >= 4 is 61.8 Å². The fraction of sp³-hybridized carbons (Fsp3) is 0.364. The van der Waals surface area contributed by atoms with Crippen LogP contribution in [0.2, 0.25) is 10.0 Å². The van der Waals surface area contributed by atoms with Crippen LogP contribution in [0.4, 0.5) is 11.6 Å². The van der Waals surface area contributed by atoms with E-state index in [1.807, 2.05) is 36.4 Å². The van der Waals surface area contributed by atoms with E-state index < -0.39 is 0 Å². The van der Waals surface area contributed by atoms with Crippen LogP contribution < -0.4 is 10.2 Å². The molecule has 1 aromatic heterocycles. The molecule has 3 aromatic rings. The summed E-state index contributed by atoms with van der Waals surface area (Å²) in [5, 5.41) is 5.07. The number of rotatable bonds is 5. The molecule has 2 heterocycles. The van der Waals surface area contributed by atoms with Gasteiger partial charge in [0.1, 0.15) is 0 Å². The summed E-state index contributed by atoms with van der Waals surface area (Å²) in [6, 6.07) is 12.2. The Hall–Kier alpha value is -1.60. The minimum Gasteiger partial charge on any atom is -0.364 e. The highest BCUT2D eigenvalue weighted by molar-refractivity contribution is 9.10. The van der Waals surface area contributed by atoms with Crippen molar-refractivity contribution in [2.75, 3.05) is 36.4 Å². The molecule has 1 aliphatic carbocycles. The third-order valence-corrected chi connectivity index (χ3v) is 6.70. The van der Waals surface area contributed by atoms with E-state index in [4.69, 9.17) is 33.2 Å². The maximum Gasteiger partial charge on any atom is 0.172 e. The fourth-order valence-corrected chi connectivity index (χ4v) is 4.50. The molecule has 0 unspecified atom stereocenters. The van der Waals surface area contributed by atoms with Crippen LogP contribution >= 0.6 is 39.1 Å². The van der Waals surface area contributed by atoms with Crippen molar-refractivity contribution in [2.45, 2.75) is 25.4 Å². The summed E-state index contributed by atoms with van der Waals surface area (Å²) in [6.07, 6.45) is 2.40. The Bertz CT molecular complexity index is 1080. The van der Waals surface area contributed by atoms with Crippen LogP contribution in [0.3, 0.4) is 0 Å². The SMILES string of the molecule is Clc1ccc(Cl)c(CN2CCN(c3nc4ccc(Br)cc4nc3NC3CC3)CC2)c1. The van der Waals surface area contributed by atoms with Gasteiger partial charge in [-0.1, -0.05) is 39.1 Å². The van der Waals surface area contributed by atoms with Gasteiger partial charge in [0, 0.05) is 53.3 Å². The number of hydrogen-bond donors (Lipinski definition) is 1. The van der Waals surface area contributed by atoms with Crippen LogP contribution in [-0.2, 0) is 6.54 Å². The number of nitrogens with zero attached hydrogens (tertiary/aromatic N) is 4. The first-order chi connectivity index (χ1) is 14.5. The van der Waals surface area contributed by atoms with E-state index in [-0.39, 0.29) is 0 Å². The number of anilines is 2. The summed E-state index contributed by atoms with van der Waals surface area (Å²) >= 11 is 16.0. The Kier molecular flexibility index (Phi) is 5.75.